The van der Waals surface area contributed by atoms with Crippen molar-refractivity contribution in [1.82, 2.24) is 5.32 Å². The molecule has 0 fully saturated rings. The minimum absolute atomic E-state index is 0.294. The summed E-state index contributed by atoms with van der Waals surface area (Å²) in [5, 5.41) is 3.66. The molecule has 1 N–H and O–H groups in total. The number of rotatable bonds is 6. The first-order valence-corrected chi connectivity index (χ1v) is 5.42. The van der Waals surface area contributed by atoms with Crippen molar-refractivity contribution in [3.63, 3.8) is 0 Å². The minimum Gasteiger partial charge on any atom is -0.313 e. The molecule has 1 unspecified atom stereocenters. The Morgan fingerprint density at radius 2 is 1.67 bits per heavy atom. The molecule has 0 radical (unpaired) electrons. The molecular weight excluding hydrogens is 170 g/mol. The van der Waals surface area contributed by atoms with Crippen molar-refractivity contribution in [3.8, 4) is 0 Å². The van der Waals surface area contributed by atoms with E-state index in [9.17, 15) is 0 Å². The summed E-state index contributed by atoms with van der Waals surface area (Å²) >= 11 is 6.23. The molecule has 1 atom stereocenters. The Morgan fingerprint density at radius 3 is 2.00 bits per heavy atom. The summed E-state index contributed by atoms with van der Waals surface area (Å²) in [6.45, 7) is 9.65. The van der Waals surface area contributed by atoms with Crippen molar-refractivity contribution in [2.75, 3.05) is 6.54 Å². The summed E-state index contributed by atoms with van der Waals surface area (Å²) in [6, 6.07) is 0.542. The van der Waals surface area contributed by atoms with E-state index in [-0.39, 0.29) is 0 Å². The summed E-state index contributed by atoms with van der Waals surface area (Å²) in [4.78, 5) is 0. The molecule has 2 heteroatoms. The van der Waals surface area contributed by atoms with Crippen LogP contribution in [0.25, 0.3) is 0 Å². The summed E-state index contributed by atoms with van der Waals surface area (Å²) in [7, 11) is 0. The second-order valence-electron chi connectivity index (χ2n) is 3.66. The maximum atomic E-state index is 6.23. The Balaban J connectivity index is 3.61. The molecule has 0 aliphatic rings. The van der Waals surface area contributed by atoms with Crippen molar-refractivity contribution in [2.24, 2.45) is 5.92 Å². The fraction of sp³-hybridized carbons (Fsp3) is 1.00. The highest BCUT2D eigenvalue weighted by Crippen LogP contribution is 2.17. The summed E-state index contributed by atoms with van der Waals surface area (Å²) in [5.74, 6) is 0.665. The van der Waals surface area contributed by atoms with E-state index in [2.05, 4.69) is 33.0 Å². The molecule has 0 aromatic rings. The topological polar surface area (TPSA) is 12.0 Å². The van der Waals surface area contributed by atoms with E-state index in [1.54, 1.807) is 0 Å². The molecule has 12 heavy (non-hydrogen) atoms. The van der Waals surface area contributed by atoms with Gasteiger partial charge in [0.25, 0.3) is 0 Å². The zero-order valence-corrected chi connectivity index (χ0v) is 9.49. The summed E-state index contributed by atoms with van der Waals surface area (Å²) < 4.78 is 0. The molecule has 0 spiro atoms. The molecule has 0 bridgehead atoms. The average Bonchev–Trinajstić information content (AvgIpc) is 2.03. The summed E-state index contributed by atoms with van der Waals surface area (Å²) in [5.41, 5.74) is 0. The van der Waals surface area contributed by atoms with Crippen LogP contribution in [0.15, 0.2) is 0 Å². The van der Waals surface area contributed by atoms with Crippen molar-refractivity contribution < 1.29 is 0 Å². The van der Waals surface area contributed by atoms with Crippen LogP contribution in [-0.2, 0) is 0 Å². The number of hydrogen-bond acceptors (Lipinski definition) is 1. The van der Waals surface area contributed by atoms with Crippen molar-refractivity contribution >= 4 is 11.6 Å². The van der Waals surface area contributed by atoms with E-state index in [0.717, 1.165) is 6.54 Å². The van der Waals surface area contributed by atoms with E-state index >= 15 is 0 Å². The monoisotopic (exact) mass is 191 g/mol. The predicted molar refractivity (Wildman–Crippen MR) is 56.9 cm³/mol. The molecule has 0 aliphatic carbocycles. The maximum Gasteiger partial charge on any atom is 0.0488 e. The van der Waals surface area contributed by atoms with Gasteiger partial charge in [0.15, 0.2) is 0 Å². The first kappa shape index (κ1) is 12.2. The van der Waals surface area contributed by atoms with Gasteiger partial charge >= 0.3 is 0 Å². The van der Waals surface area contributed by atoms with Gasteiger partial charge in [0.1, 0.15) is 0 Å². The van der Waals surface area contributed by atoms with Gasteiger partial charge in [-0.2, -0.15) is 0 Å². The molecule has 0 aromatic carbocycles. The molecule has 0 saturated carbocycles. The third-order valence-corrected chi connectivity index (χ3v) is 2.79. The molecule has 0 heterocycles. The van der Waals surface area contributed by atoms with Crippen LogP contribution >= 0.6 is 11.6 Å². The van der Waals surface area contributed by atoms with Crippen molar-refractivity contribution in [3.05, 3.63) is 0 Å². The molecule has 0 aromatic heterocycles. The third-order valence-electron chi connectivity index (χ3n) is 2.28. The molecule has 74 valence electrons. The van der Waals surface area contributed by atoms with Gasteiger partial charge in [-0.3, -0.25) is 0 Å². The van der Waals surface area contributed by atoms with Gasteiger partial charge in [0, 0.05) is 18.0 Å². The lowest BCUT2D eigenvalue weighted by atomic mass is 9.99. The Bertz CT molecular complexity index is 100. The lowest BCUT2D eigenvalue weighted by molar-refractivity contribution is 0.434. The highest BCUT2D eigenvalue weighted by Gasteiger charge is 2.14. The second-order valence-corrected chi connectivity index (χ2v) is 4.22. The van der Waals surface area contributed by atoms with Crippen LogP contribution in [0.1, 0.15) is 40.5 Å². The third kappa shape index (κ3) is 5.00. The maximum absolute atomic E-state index is 6.23. The van der Waals surface area contributed by atoms with Gasteiger partial charge in [0.2, 0.25) is 0 Å². The van der Waals surface area contributed by atoms with E-state index in [0.29, 0.717) is 17.3 Å². The van der Waals surface area contributed by atoms with Gasteiger partial charge in [-0.15, -0.1) is 11.6 Å². The Labute approximate surface area is 81.9 Å². The number of nitrogens with one attached hydrogen (secondary N) is 1. The number of hydrogen-bond donors (Lipinski definition) is 1. The highest BCUT2D eigenvalue weighted by atomic mass is 35.5. The SMILES string of the molecule is CCC(CC)C(Cl)CNC(C)C. The lowest BCUT2D eigenvalue weighted by Crippen LogP contribution is -2.32. The van der Waals surface area contributed by atoms with E-state index < -0.39 is 0 Å². The zero-order valence-electron chi connectivity index (χ0n) is 8.73. The molecular formula is C10H22ClN. The Hall–Kier alpha value is 0.250. The quantitative estimate of drug-likeness (QED) is 0.637. The average molecular weight is 192 g/mol. The first-order valence-electron chi connectivity index (χ1n) is 4.99. The molecule has 0 rings (SSSR count). The van der Waals surface area contributed by atoms with Crippen LogP contribution < -0.4 is 5.32 Å². The lowest BCUT2D eigenvalue weighted by Gasteiger charge is -2.20. The zero-order chi connectivity index (χ0) is 9.56. The normalized spacial score (nSPS) is 14.2. The number of alkyl halides is 1. The van der Waals surface area contributed by atoms with Crippen LogP contribution in [0.4, 0.5) is 0 Å². The highest BCUT2D eigenvalue weighted by molar-refractivity contribution is 6.21. The molecule has 0 amide bonds. The standard InChI is InChI=1S/C10H22ClN/c1-5-9(6-2)10(11)7-12-8(3)4/h8-10,12H,5-7H2,1-4H3. The largest absolute Gasteiger partial charge is 0.313 e. The number of halogens is 1. The second kappa shape index (κ2) is 6.73. The van der Waals surface area contributed by atoms with E-state index in [1.807, 2.05) is 0 Å². The first-order chi connectivity index (χ1) is 5.61. The van der Waals surface area contributed by atoms with Crippen LogP contribution in [0.2, 0.25) is 0 Å². The minimum atomic E-state index is 0.294. The van der Waals surface area contributed by atoms with Gasteiger partial charge in [-0.05, 0) is 5.92 Å². The van der Waals surface area contributed by atoms with Crippen molar-refractivity contribution in [2.45, 2.75) is 52.0 Å². The Morgan fingerprint density at radius 1 is 1.17 bits per heavy atom. The van der Waals surface area contributed by atoms with Crippen LogP contribution in [0.3, 0.4) is 0 Å². The molecule has 1 nitrogen and oxygen atoms in total. The summed E-state index contributed by atoms with van der Waals surface area (Å²) in [6.07, 6.45) is 2.37. The van der Waals surface area contributed by atoms with Crippen molar-refractivity contribution in [1.29, 1.82) is 0 Å². The van der Waals surface area contributed by atoms with E-state index in [1.165, 1.54) is 12.8 Å². The fourth-order valence-electron chi connectivity index (χ4n) is 1.32. The Kier molecular flexibility index (Phi) is 6.87. The van der Waals surface area contributed by atoms with Gasteiger partial charge in [0.05, 0.1) is 0 Å². The van der Waals surface area contributed by atoms with E-state index in [4.69, 9.17) is 11.6 Å². The molecule has 0 saturated heterocycles. The van der Waals surface area contributed by atoms with Crippen LogP contribution in [0.5, 0.6) is 0 Å². The van der Waals surface area contributed by atoms with Crippen LogP contribution in [-0.4, -0.2) is 18.0 Å². The van der Waals surface area contributed by atoms with Gasteiger partial charge in [-0.1, -0.05) is 40.5 Å². The smallest absolute Gasteiger partial charge is 0.0488 e. The van der Waals surface area contributed by atoms with Gasteiger partial charge < -0.3 is 5.32 Å². The predicted octanol–water partition coefficient (Wildman–Crippen LogP) is 3.03. The van der Waals surface area contributed by atoms with Crippen LogP contribution in [0, 0.1) is 5.92 Å². The van der Waals surface area contributed by atoms with Gasteiger partial charge in [-0.25, -0.2) is 0 Å². The molecule has 0 aliphatic heterocycles. The fourth-order valence-corrected chi connectivity index (χ4v) is 1.76.